The summed E-state index contributed by atoms with van der Waals surface area (Å²) in [4.78, 5) is 87.8. The molecule has 262 valence electrons. The van der Waals surface area contributed by atoms with E-state index in [1.807, 2.05) is 0 Å². The predicted molar refractivity (Wildman–Crippen MR) is 149 cm³/mol. The fourth-order valence-corrected chi connectivity index (χ4v) is 4.43. The maximum absolute atomic E-state index is 12.5. The summed E-state index contributed by atoms with van der Waals surface area (Å²) in [5.41, 5.74) is 12.8. The number of rotatable bonds is 11. The topological polar surface area (TPSA) is 401 Å². The van der Waals surface area contributed by atoms with Crippen LogP contribution in [0.15, 0.2) is 0 Å². The van der Waals surface area contributed by atoms with Gasteiger partial charge < -0.3 is 62.5 Å². The molecule has 0 aromatic heterocycles. The average molecular weight is 661 g/mol. The molecule has 0 radical (unpaired) electrons. The van der Waals surface area contributed by atoms with Crippen LogP contribution in [0.3, 0.4) is 0 Å². The van der Waals surface area contributed by atoms with Gasteiger partial charge in [-0.2, -0.15) is 0 Å². The highest BCUT2D eigenvalue weighted by Crippen LogP contribution is 2.60. The van der Waals surface area contributed by atoms with E-state index in [4.69, 9.17) is 67.4 Å². The third-order valence-corrected chi connectivity index (χ3v) is 5.72. The minimum absolute atomic E-state index is 0.0466. The number of carboxylic acids is 7. The number of hydrogen-bond acceptors (Lipinski definition) is 14. The Morgan fingerprint density at radius 3 is 1.27 bits per heavy atom. The maximum atomic E-state index is 12.5. The summed E-state index contributed by atoms with van der Waals surface area (Å²) in [5.74, 6) is -3.75. The summed E-state index contributed by atoms with van der Waals surface area (Å²) in [6.07, 6.45) is -3.32. The van der Waals surface area contributed by atoms with Gasteiger partial charge in [0.2, 0.25) is 0 Å². The Morgan fingerprint density at radius 2 is 0.978 bits per heavy atom. The Labute approximate surface area is 257 Å². The van der Waals surface area contributed by atoms with Crippen LogP contribution in [0.25, 0.3) is 0 Å². The second-order valence-corrected chi connectivity index (χ2v) is 9.48. The molecule has 2 unspecified atom stereocenters. The number of esters is 1. The lowest BCUT2D eigenvalue weighted by Gasteiger charge is -2.62. The molecule has 45 heavy (non-hydrogen) atoms. The van der Waals surface area contributed by atoms with Crippen LogP contribution < -0.4 is 23.1 Å². The lowest BCUT2D eigenvalue weighted by atomic mass is 9.45. The molecule has 0 aliphatic heterocycles. The number of aliphatic carboxylic acids is 7. The number of nitrogens with two attached hydrogens (primary N) is 4. The van der Waals surface area contributed by atoms with E-state index in [9.17, 15) is 34.5 Å². The molecule has 1 fully saturated rings. The zero-order valence-electron chi connectivity index (χ0n) is 25.3. The molecule has 0 heterocycles. The summed E-state index contributed by atoms with van der Waals surface area (Å²) in [7, 11) is 0. The molecule has 1 rings (SSSR count). The van der Waals surface area contributed by atoms with Crippen molar-refractivity contribution in [1.29, 1.82) is 0 Å². The molecule has 15 N–H and O–H groups in total. The van der Waals surface area contributed by atoms with Crippen LogP contribution >= 0.6 is 0 Å². The van der Waals surface area contributed by atoms with E-state index >= 15 is 0 Å². The number of carbonyl (C=O) groups is 8. The predicted octanol–water partition coefficient (Wildman–Crippen LogP) is -1.69. The van der Waals surface area contributed by atoms with Crippen LogP contribution in [0.5, 0.6) is 0 Å². The van der Waals surface area contributed by atoms with Gasteiger partial charge in [0.15, 0.2) is 0 Å². The second-order valence-electron chi connectivity index (χ2n) is 9.48. The molecule has 0 bridgehead atoms. The number of ether oxygens (including phenoxy) is 1. The van der Waals surface area contributed by atoms with Crippen LogP contribution in [0.2, 0.25) is 0 Å². The zero-order chi connectivity index (χ0) is 36.8. The first-order valence-electron chi connectivity index (χ1n) is 12.5. The zero-order valence-corrected chi connectivity index (χ0v) is 25.3. The fraction of sp³-hybridized carbons (Fsp3) is 0.667. The highest BCUT2D eigenvalue weighted by molar-refractivity contribution is 5.78. The summed E-state index contributed by atoms with van der Waals surface area (Å²) in [6, 6.07) is -1.09. The van der Waals surface area contributed by atoms with Gasteiger partial charge in [0.1, 0.15) is 13.2 Å². The summed E-state index contributed by atoms with van der Waals surface area (Å²) < 4.78 is 4.94. The Bertz CT molecular complexity index is 938. The van der Waals surface area contributed by atoms with Crippen molar-refractivity contribution in [2.75, 3.05) is 13.2 Å². The van der Waals surface area contributed by atoms with E-state index in [1.165, 1.54) is 0 Å². The fourth-order valence-electron chi connectivity index (χ4n) is 4.43. The molecule has 1 aliphatic rings. The van der Waals surface area contributed by atoms with E-state index in [0.717, 1.165) is 27.7 Å². The molecule has 21 heteroatoms. The molecule has 0 amide bonds. The Balaban J connectivity index is -0.000000432. The molecule has 2 atom stereocenters. The number of carbonyl (C=O) groups excluding carboxylic acids is 1. The molecule has 1 saturated carbocycles. The van der Waals surface area contributed by atoms with Crippen molar-refractivity contribution in [1.82, 2.24) is 0 Å². The molecule has 0 spiro atoms. The van der Waals surface area contributed by atoms with Crippen molar-refractivity contribution >= 4 is 47.8 Å². The van der Waals surface area contributed by atoms with Gasteiger partial charge in [0.05, 0.1) is 31.3 Å². The summed E-state index contributed by atoms with van der Waals surface area (Å²) in [5, 5.41) is 58.2. The maximum Gasteiger partial charge on any atom is 0.306 e. The lowest BCUT2D eigenvalue weighted by molar-refractivity contribution is -0.181. The molecule has 0 aromatic rings. The van der Waals surface area contributed by atoms with Crippen molar-refractivity contribution in [2.45, 2.75) is 77.9 Å². The van der Waals surface area contributed by atoms with Crippen molar-refractivity contribution in [3.05, 3.63) is 0 Å². The normalized spacial score (nSPS) is 18.4. The lowest BCUT2D eigenvalue weighted by Crippen LogP contribution is -2.76. The second kappa shape index (κ2) is 23.0. The average Bonchev–Trinajstić information content (AvgIpc) is 2.78. The molecular formula is C24H44N4O17. The van der Waals surface area contributed by atoms with E-state index in [1.54, 1.807) is 0 Å². The monoisotopic (exact) mass is 660 g/mol. The summed E-state index contributed by atoms with van der Waals surface area (Å²) >= 11 is 0. The van der Waals surface area contributed by atoms with Gasteiger partial charge >= 0.3 is 23.9 Å². The largest absolute Gasteiger partial charge is 0.481 e. The van der Waals surface area contributed by atoms with Crippen LogP contribution in [0, 0.1) is 10.8 Å². The van der Waals surface area contributed by atoms with Crippen LogP contribution in [-0.4, -0.2) is 108 Å². The SMILES string of the molecule is CC(=O)O.CC(=O)O.CC(=O)O.CC(=O)O.NOCCOC(=O)CC1(CC(=O)O)C(N)(N)CCC(N)C1(CC(=O)O)CC(=O)O. The molecular weight excluding hydrogens is 616 g/mol. The van der Waals surface area contributed by atoms with Gasteiger partial charge in [-0.3, -0.25) is 38.4 Å². The van der Waals surface area contributed by atoms with Gasteiger partial charge in [0, 0.05) is 44.6 Å². The van der Waals surface area contributed by atoms with Gasteiger partial charge in [-0.15, -0.1) is 0 Å². The first kappa shape index (κ1) is 47.5. The molecule has 21 nitrogen and oxygen atoms in total. The van der Waals surface area contributed by atoms with Gasteiger partial charge in [-0.1, -0.05) is 0 Å². The number of hydrogen-bond donors (Lipinski definition) is 11. The van der Waals surface area contributed by atoms with Crippen molar-refractivity contribution in [3.8, 4) is 0 Å². The highest BCUT2D eigenvalue weighted by Gasteiger charge is 2.67. The van der Waals surface area contributed by atoms with Gasteiger partial charge in [-0.25, -0.2) is 5.90 Å². The third-order valence-electron chi connectivity index (χ3n) is 5.72. The van der Waals surface area contributed by atoms with Crippen molar-refractivity contribution in [2.24, 2.45) is 33.9 Å². The van der Waals surface area contributed by atoms with Gasteiger partial charge in [-0.05, 0) is 12.8 Å². The Kier molecular flexibility index (Phi) is 24.3. The van der Waals surface area contributed by atoms with E-state index in [0.29, 0.717) is 0 Å². The minimum atomic E-state index is -2.01. The molecule has 0 aromatic carbocycles. The van der Waals surface area contributed by atoms with E-state index in [-0.39, 0.29) is 26.1 Å². The Hall–Kier alpha value is -4.44. The van der Waals surface area contributed by atoms with E-state index in [2.05, 4.69) is 4.84 Å². The van der Waals surface area contributed by atoms with Crippen LogP contribution in [0.1, 0.15) is 66.2 Å². The van der Waals surface area contributed by atoms with Gasteiger partial charge in [0.25, 0.3) is 23.9 Å². The summed E-state index contributed by atoms with van der Waals surface area (Å²) in [6.45, 7) is 3.92. The number of carboxylic acid groups (broad SMARTS) is 7. The molecule has 1 aliphatic carbocycles. The van der Waals surface area contributed by atoms with Crippen molar-refractivity contribution in [3.63, 3.8) is 0 Å². The van der Waals surface area contributed by atoms with Crippen LogP contribution in [0.4, 0.5) is 0 Å². The smallest absolute Gasteiger partial charge is 0.306 e. The standard InChI is InChI=1S/C16H28N4O9.4C2H4O2/c17-9-1-2-16(18,19)15(7-12(25)26,8-13(27)28-3-4-29-20)14(9,5-10(21)22)6-11(23)24;4*1-2(3)4/h9H,1-8,17-20H2,(H,21,22)(H,23,24)(H,25,26);4*1H3,(H,3,4). The molecule has 0 saturated heterocycles. The minimum Gasteiger partial charge on any atom is -0.481 e. The third kappa shape index (κ3) is 21.8. The van der Waals surface area contributed by atoms with E-state index < -0.39 is 96.0 Å². The first-order chi connectivity index (χ1) is 20.3. The van der Waals surface area contributed by atoms with Crippen molar-refractivity contribution < 1.29 is 83.7 Å². The first-order valence-corrected chi connectivity index (χ1v) is 12.5. The Morgan fingerprint density at radius 1 is 0.644 bits per heavy atom. The highest BCUT2D eigenvalue weighted by atomic mass is 16.6. The van der Waals surface area contributed by atoms with Crippen LogP contribution in [-0.2, 0) is 47.9 Å². The quantitative estimate of drug-likeness (QED) is 0.0509.